The minimum Gasteiger partial charge on any atom is -0.400 e. The molecule has 20 heavy (non-hydrogen) atoms. The Morgan fingerprint density at radius 3 is 2.60 bits per heavy atom. The van der Waals surface area contributed by atoms with E-state index in [1.165, 1.54) is 4.90 Å². The Kier molecular flexibility index (Phi) is 9.52. The van der Waals surface area contributed by atoms with Crippen molar-refractivity contribution in [2.75, 3.05) is 33.9 Å². The molecule has 2 unspecified atom stereocenters. The molecule has 0 bridgehead atoms. The van der Waals surface area contributed by atoms with Gasteiger partial charge in [0, 0.05) is 13.7 Å². The third-order valence-corrected chi connectivity index (χ3v) is 2.89. The van der Waals surface area contributed by atoms with Crippen LogP contribution in [0.4, 0.5) is 0 Å². The molecule has 2 atom stereocenters. The Hall–Kier alpha value is -1.51. The number of amides is 2. The van der Waals surface area contributed by atoms with Crippen LogP contribution in [0.2, 0.25) is 0 Å². The molecule has 1 aliphatic rings. The Bertz CT molecular complexity index is 324. The molecule has 0 saturated carbocycles. The maximum atomic E-state index is 11.9. The molecule has 1 saturated heterocycles. The van der Waals surface area contributed by atoms with E-state index in [0.717, 1.165) is 13.5 Å². The van der Waals surface area contributed by atoms with Gasteiger partial charge in [0.05, 0.1) is 13.2 Å². The lowest BCUT2D eigenvalue weighted by Crippen LogP contribution is -2.51. The minimum absolute atomic E-state index is 0.137. The van der Waals surface area contributed by atoms with E-state index in [2.05, 4.69) is 10.6 Å². The number of carbonyl (C=O) groups excluding carboxylic acids is 3. The van der Waals surface area contributed by atoms with Crippen LogP contribution >= 0.6 is 0 Å². The largest absolute Gasteiger partial charge is 0.400 e. The fourth-order valence-electron chi connectivity index (χ4n) is 1.99. The molecule has 0 aromatic carbocycles. The van der Waals surface area contributed by atoms with E-state index in [1.807, 2.05) is 0 Å². The monoisotopic (exact) mass is 289 g/mol. The summed E-state index contributed by atoms with van der Waals surface area (Å²) in [5.41, 5.74) is 0. The van der Waals surface area contributed by atoms with Gasteiger partial charge in [0.15, 0.2) is 0 Å². The van der Waals surface area contributed by atoms with Gasteiger partial charge in [0.25, 0.3) is 0 Å². The SMILES string of the molecule is CNCC(=O)N1CCCC1C(=O)NC(C=O)CO.CO. The highest BCUT2D eigenvalue weighted by Gasteiger charge is 2.34. The number of rotatable bonds is 6. The van der Waals surface area contributed by atoms with Crippen LogP contribution in [-0.4, -0.2) is 79.2 Å². The Morgan fingerprint density at radius 1 is 1.45 bits per heavy atom. The summed E-state index contributed by atoms with van der Waals surface area (Å²) < 4.78 is 0. The number of aliphatic hydroxyl groups excluding tert-OH is 2. The molecule has 4 N–H and O–H groups in total. The summed E-state index contributed by atoms with van der Waals surface area (Å²) in [6.45, 7) is 0.288. The van der Waals surface area contributed by atoms with Crippen LogP contribution in [0.1, 0.15) is 12.8 Å². The van der Waals surface area contributed by atoms with Crippen LogP contribution in [-0.2, 0) is 14.4 Å². The topological polar surface area (TPSA) is 119 Å². The van der Waals surface area contributed by atoms with E-state index in [0.29, 0.717) is 19.3 Å². The Balaban J connectivity index is 0.00000172. The molecule has 0 aromatic heterocycles. The predicted octanol–water partition coefficient (Wildman–Crippen LogP) is -2.52. The first-order valence-corrected chi connectivity index (χ1v) is 6.39. The summed E-state index contributed by atoms with van der Waals surface area (Å²) >= 11 is 0. The molecule has 1 heterocycles. The van der Waals surface area contributed by atoms with Crippen molar-refractivity contribution in [1.82, 2.24) is 15.5 Å². The second kappa shape index (κ2) is 10.3. The van der Waals surface area contributed by atoms with E-state index in [-0.39, 0.29) is 18.4 Å². The van der Waals surface area contributed by atoms with Crippen LogP contribution in [0.25, 0.3) is 0 Å². The number of likely N-dealkylation sites (tertiary alicyclic amines) is 1. The second-order valence-corrected chi connectivity index (χ2v) is 4.21. The van der Waals surface area contributed by atoms with Crippen LogP contribution in [0.15, 0.2) is 0 Å². The van der Waals surface area contributed by atoms with E-state index in [4.69, 9.17) is 10.2 Å². The summed E-state index contributed by atoms with van der Waals surface area (Å²) in [6, 6.07) is -1.45. The van der Waals surface area contributed by atoms with Crippen molar-refractivity contribution in [2.45, 2.75) is 24.9 Å². The van der Waals surface area contributed by atoms with Crippen molar-refractivity contribution >= 4 is 18.1 Å². The zero-order valence-corrected chi connectivity index (χ0v) is 11.8. The summed E-state index contributed by atoms with van der Waals surface area (Å²) in [4.78, 5) is 35.7. The summed E-state index contributed by atoms with van der Waals surface area (Å²) in [5.74, 6) is -0.523. The van der Waals surface area contributed by atoms with E-state index in [9.17, 15) is 14.4 Å². The number of nitrogens with one attached hydrogen (secondary N) is 2. The van der Waals surface area contributed by atoms with Crippen molar-refractivity contribution < 1.29 is 24.6 Å². The maximum absolute atomic E-state index is 11.9. The Labute approximate surface area is 118 Å². The highest BCUT2D eigenvalue weighted by atomic mass is 16.3. The quantitative estimate of drug-likeness (QED) is 0.401. The fraction of sp³-hybridized carbons (Fsp3) is 0.750. The summed E-state index contributed by atoms with van der Waals surface area (Å²) in [6.07, 6.45) is 1.82. The first kappa shape index (κ1) is 18.5. The first-order chi connectivity index (χ1) is 9.63. The average molecular weight is 289 g/mol. The van der Waals surface area contributed by atoms with Crippen LogP contribution in [0.3, 0.4) is 0 Å². The molecule has 0 aliphatic carbocycles. The van der Waals surface area contributed by atoms with Gasteiger partial charge in [0.1, 0.15) is 18.4 Å². The normalized spacial score (nSPS) is 18.8. The number of aldehydes is 1. The van der Waals surface area contributed by atoms with E-state index >= 15 is 0 Å². The van der Waals surface area contributed by atoms with E-state index in [1.54, 1.807) is 7.05 Å². The van der Waals surface area contributed by atoms with Crippen LogP contribution in [0.5, 0.6) is 0 Å². The fourth-order valence-corrected chi connectivity index (χ4v) is 1.99. The number of nitrogens with zero attached hydrogens (tertiary/aromatic N) is 1. The second-order valence-electron chi connectivity index (χ2n) is 4.21. The van der Waals surface area contributed by atoms with Gasteiger partial charge in [-0.15, -0.1) is 0 Å². The number of hydrogen-bond acceptors (Lipinski definition) is 6. The lowest BCUT2D eigenvalue weighted by Gasteiger charge is -2.24. The standard InChI is InChI=1S/C11H19N3O4.CH4O/c1-12-5-10(17)14-4-2-3-9(14)11(18)13-8(6-15)7-16;1-2/h6,8-9,12,16H,2-5,7H2,1H3,(H,13,18);2H,1H3. The van der Waals surface area contributed by atoms with Crippen molar-refractivity contribution in [1.29, 1.82) is 0 Å². The van der Waals surface area contributed by atoms with Crippen molar-refractivity contribution in [2.24, 2.45) is 0 Å². The predicted molar refractivity (Wildman–Crippen MR) is 71.9 cm³/mol. The molecular formula is C12H23N3O5. The van der Waals surface area contributed by atoms with Crippen molar-refractivity contribution in [3.05, 3.63) is 0 Å². The van der Waals surface area contributed by atoms with Crippen LogP contribution < -0.4 is 10.6 Å². The maximum Gasteiger partial charge on any atom is 0.243 e. The molecule has 1 rings (SSSR count). The summed E-state index contributed by atoms with van der Waals surface area (Å²) in [5, 5.41) is 21.0. The van der Waals surface area contributed by atoms with Gasteiger partial charge in [0.2, 0.25) is 11.8 Å². The number of likely N-dealkylation sites (N-methyl/N-ethyl adjacent to an activating group) is 1. The van der Waals surface area contributed by atoms with Crippen LogP contribution in [0, 0.1) is 0 Å². The average Bonchev–Trinajstić information content (AvgIpc) is 2.96. The molecule has 1 aliphatic heterocycles. The third-order valence-electron chi connectivity index (χ3n) is 2.89. The molecule has 0 spiro atoms. The highest BCUT2D eigenvalue weighted by Crippen LogP contribution is 2.17. The number of hydrogen-bond donors (Lipinski definition) is 4. The highest BCUT2D eigenvalue weighted by molar-refractivity contribution is 5.90. The third kappa shape index (κ3) is 5.24. The zero-order valence-electron chi connectivity index (χ0n) is 11.8. The van der Waals surface area contributed by atoms with Crippen molar-refractivity contribution in [3.63, 3.8) is 0 Å². The molecule has 1 fully saturated rings. The van der Waals surface area contributed by atoms with Gasteiger partial charge < -0.3 is 30.5 Å². The lowest BCUT2D eigenvalue weighted by atomic mass is 10.2. The molecule has 0 aromatic rings. The molecule has 8 nitrogen and oxygen atoms in total. The van der Waals surface area contributed by atoms with Crippen molar-refractivity contribution in [3.8, 4) is 0 Å². The zero-order chi connectivity index (χ0) is 15.5. The van der Waals surface area contributed by atoms with Gasteiger partial charge in [-0.1, -0.05) is 0 Å². The molecule has 2 amide bonds. The number of aliphatic hydroxyl groups is 2. The van der Waals surface area contributed by atoms with Gasteiger partial charge in [-0.25, -0.2) is 0 Å². The minimum atomic E-state index is -0.903. The first-order valence-electron chi connectivity index (χ1n) is 6.39. The molecular weight excluding hydrogens is 266 g/mol. The van der Waals surface area contributed by atoms with E-state index < -0.39 is 18.7 Å². The van der Waals surface area contributed by atoms with Gasteiger partial charge >= 0.3 is 0 Å². The molecule has 0 radical (unpaired) electrons. The number of carbonyl (C=O) groups is 3. The molecule has 116 valence electrons. The van der Waals surface area contributed by atoms with Gasteiger partial charge in [-0.05, 0) is 19.9 Å². The lowest BCUT2D eigenvalue weighted by molar-refractivity contribution is -0.138. The summed E-state index contributed by atoms with van der Waals surface area (Å²) in [7, 11) is 2.66. The van der Waals surface area contributed by atoms with Gasteiger partial charge in [-0.2, -0.15) is 0 Å². The smallest absolute Gasteiger partial charge is 0.243 e. The molecule has 8 heteroatoms. The van der Waals surface area contributed by atoms with Gasteiger partial charge in [-0.3, -0.25) is 9.59 Å². The Morgan fingerprint density at radius 2 is 2.10 bits per heavy atom.